The lowest BCUT2D eigenvalue weighted by atomic mass is 10.2. The van der Waals surface area contributed by atoms with E-state index in [0.29, 0.717) is 0 Å². The Bertz CT molecular complexity index is 390. The molecule has 15 heavy (non-hydrogen) atoms. The predicted molar refractivity (Wildman–Crippen MR) is 55.3 cm³/mol. The summed E-state index contributed by atoms with van der Waals surface area (Å²) in [6, 6.07) is 4.07. The molecule has 1 saturated carbocycles. The molecule has 0 heterocycles. The number of nitrogens with two attached hydrogens (primary N) is 1. The summed E-state index contributed by atoms with van der Waals surface area (Å²) in [5.41, 5.74) is 5.41. The van der Waals surface area contributed by atoms with Crippen LogP contribution in [0.4, 0.5) is 4.39 Å². The van der Waals surface area contributed by atoms with E-state index >= 15 is 0 Å². The average Bonchev–Trinajstić information content (AvgIpc) is 2.81. The lowest BCUT2D eigenvalue weighted by Gasteiger charge is -2.06. The molecule has 0 radical (unpaired) electrons. The highest BCUT2D eigenvalue weighted by atomic mass is 35.5. The van der Waals surface area contributed by atoms with E-state index < -0.39 is 11.7 Å². The quantitative estimate of drug-likeness (QED) is 0.802. The Kier molecular flexibility index (Phi) is 2.63. The number of carbonyl (C=O) groups excluding carboxylic acids is 1. The predicted octanol–water partition coefficient (Wildman–Crippen LogP) is 1.31. The number of rotatable bonds is 2. The molecule has 1 amide bonds. The van der Waals surface area contributed by atoms with Crippen molar-refractivity contribution in [1.29, 1.82) is 0 Å². The topological polar surface area (TPSA) is 55.1 Å². The number of benzene rings is 1. The fourth-order valence-corrected chi connectivity index (χ4v) is 1.58. The van der Waals surface area contributed by atoms with Crippen molar-refractivity contribution in [3.8, 4) is 0 Å². The van der Waals surface area contributed by atoms with Crippen LogP contribution in [0.3, 0.4) is 0 Å². The van der Waals surface area contributed by atoms with Gasteiger partial charge in [0.25, 0.3) is 5.91 Å². The Morgan fingerprint density at radius 3 is 2.80 bits per heavy atom. The first-order valence-corrected chi connectivity index (χ1v) is 4.98. The van der Waals surface area contributed by atoms with E-state index in [0.717, 1.165) is 6.42 Å². The lowest BCUT2D eigenvalue weighted by molar-refractivity contribution is 0.0946. The van der Waals surface area contributed by atoms with Crippen LogP contribution in [0.5, 0.6) is 0 Å². The summed E-state index contributed by atoms with van der Waals surface area (Å²) in [4.78, 5) is 11.6. The van der Waals surface area contributed by atoms with E-state index in [1.807, 2.05) is 0 Å². The van der Waals surface area contributed by atoms with Gasteiger partial charge in [0, 0.05) is 12.1 Å². The van der Waals surface area contributed by atoms with E-state index in [1.165, 1.54) is 18.2 Å². The Hall–Kier alpha value is -1.13. The van der Waals surface area contributed by atoms with Crippen LogP contribution in [-0.4, -0.2) is 18.0 Å². The molecule has 1 aliphatic rings. The molecule has 3 N–H and O–H groups in total. The third-order valence-electron chi connectivity index (χ3n) is 2.35. The molecular formula is C10H10ClFN2O. The van der Waals surface area contributed by atoms with Crippen molar-refractivity contribution in [1.82, 2.24) is 5.32 Å². The van der Waals surface area contributed by atoms with E-state index in [4.69, 9.17) is 17.3 Å². The Labute approximate surface area is 91.4 Å². The maximum atomic E-state index is 13.3. The molecule has 1 aromatic rings. The van der Waals surface area contributed by atoms with Crippen molar-refractivity contribution in [3.05, 3.63) is 34.6 Å². The summed E-state index contributed by atoms with van der Waals surface area (Å²) in [6.45, 7) is 0. The maximum absolute atomic E-state index is 13.3. The van der Waals surface area contributed by atoms with Crippen LogP contribution in [0, 0.1) is 5.82 Å². The smallest absolute Gasteiger partial charge is 0.256 e. The number of amides is 1. The zero-order valence-electron chi connectivity index (χ0n) is 7.84. The van der Waals surface area contributed by atoms with Crippen LogP contribution < -0.4 is 11.1 Å². The summed E-state index contributed by atoms with van der Waals surface area (Å²) in [6.07, 6.45) is 0.734. The molecule has 2 unspecified atom stereocenters. The highest BCUT2D eigenvalue weighted by Gasteiger charge is 2.35. The standard InChI is InChI=1S/C10H10ClFN2O/c11-5-2-1-3-6(12)9(5)10(15)14-8-4-7(8)13/h1-3,7-8H,4,13H2,(H,14,15). The number of hydrogen-bond donors (Lipinski definition) is 2. The van der Waals surface area contributed by atoms with Gasteiger partial charge in [-0.1, -0.05) is 17.7 Å². The van der Waals surface area contributed by atoms with Gasteiger partial charge in [0.1, 0.15) is 5.82 Å². The second-order valence-electron chi connectivity index (χ2n) is 3.58. The highest BCUT2D eigenvalue weighted by Crippen LogP contribution is 2.22. The van der Waals surface area contributed by atoms with Crippen molar-refractivity contribution in [3.63, 3.8) is 0 Å². The van der Waals surface area contributed by atoms with E-state index in [9.17, 15) is 9.18 Å². The van der Waals surface area contributed by atoms with Crippen LogP contribution in [0.15, 0.2) is 18.2 Å². The molecule has 80 valence electrons. The molecule has 0 spiro atoms. The molecule has 2 atom stereocenters. The highest BCUT2D eigenvalue weighted by molar-refractivity contribution is 6.33. The fourth-order valence-electron chi connectivity index (χ4n) is 1.34. The van der Waals surface area contributed by atoms with Gasteiger partial charge in [-0.15, -0.1) is 0 Å². The summed E-state index contributed by atoms with van der Waals surface area (Å²) in [5.74, 6) is -1.12. The van der Waals surface area contributed by atoms with Gasteiger partial charge in [-0.3, -0.25) is 4.79 Å². The molecular weight excluding hydrogens is 219 g/mol. The van der Waals surface area contributed by atoms with Gasteiger partial charge in [-0.2, -0.15) is 0 Å². The van der Waals surface area contributed by atoms with E-state index in [1.54, 1.807) is 0 Å². The number of hydrogen-bond acceptors (Lipinski definition) is 2. The zero-order chi connectivity index (χ0) is 11.0. The molecule has 0 bridgehead atoms. The fraction of sp³-hybridized carbons (Fsp3) is 0.300. The van der Waals surface area contributed by atoms with Crippen LogP contribution in [0.1, 0.15) is 16.8 Å². The minimum absolute atomic E-state index is 0.0144. The van der Waals surface area contributed by atoms with Crippen LogP contribution in [0.25, 0.3) is 0 Å². The Morgan fingerprint density at radius 2 is 2.27 bits per heavy atom. The second-order valence-corrected chi connectivity index (χ2v) is 3.98. The normalized spacial score (nSPS) is 23.7. The van der Waals surface area contributed by atoms with Gasteiger partial charge in [0.05, 0.1) is 10.6 Å². The van der Waals surface area contributed by atoms with Gasteiger partial charge >= 0.3 is 0 Å². The van der Waals surface area contributed by atoms with Crippen molar-refractivity contribution >= 4 is 17.5 Å². The van der Waals surface area contributed by atoms with E-state index in [2.05, 4.69) is 5.32 Å². The largest absolute Gasteiger partial charge is 0.348 e. The average molecular weight is 229 g/mol. The van der Waals surface area contributed by atoms with Gasteiger partial charge in [0.15, 0.2) is 0 Å². The number of carbonyl (C=O) groups is 1. The second kappa shape index (κ2) is 3.79. The molecule has 5 heteroatoms. The molecule has 0 saturated heterocycles. The molecule has 3 nitrogen and oxygen atoms in total. The first kappa shape index (κ1) is 10.4. The first-order valence-electron chi connectivity index (χ1n) is 4.60. The maximum Gasteiger partial charge on any atom is 0.256 e. The molecule has 2 rings (SSSR count). The Morgan fingerprint density at radius 1 is 1.60 bits per heavy atom. The number of halogens is 2. The van der Waals surface area contributed by atoms with Crippen LogP contribution in [0.2, 0.25) is 5.02 Å². The summed E-state index contributed by atoms with van der Waals surface area (Å²) in [5, 5.41) is 2.73. The third-order valence-corrected chi connectivity index (χ3v) is 2.66. The minimum Gasteiger partial charge on any atom is -0.348 e. The molecule has 1 fully saturated rings. The van der Waals surface area contributed by atoms with Gasteiger partial charge in [-0.25, -0.2) is 4.39 Å². The summed E-state index contributed by atoms with van der Waals surface area (Å²) in [7, 11) is 0. The van der Waals surface area contributed by atoms with Gasteiger partial charge < -0.3 is 11.1 Å². The first-order chi connectivity index (χ1) is 7.09. The van der Waals surface area contributed by atoms with E-state index in [-0.39, 0.29) is 22.7 Å². The van der Waals surface area contributed by atoms with Gasteiger partial charge in [-0.05, 0) is 18.6 Å². The summed E-state index contributed by atoms with van der Waals surface area (Å²) < 4.78 is 13.3. The zero-order valence-corrected chi connectivity index (χ0v) is 8.59. The van der Waals surface area contributed by atoms with Crippen LogP contribution >= 0.6 is 11.6 Å². The molecule has 0 aromatic heterocycles. The van der Waals surface area contributed by atoms with Crippen molar-refractivity contribution in [2.45, 2.75) is 18.5 Å². The molecule has 1 aliphatic carbocycles. The molecule has 0 aliphatic heterocycles. The summed E-state index contributed by atoms with van der Waals surface area (Å²) >= 11 is 5.73. The van der Waals surface area contributed by atoms with Crippen molar-refractivity contribution in [2.24, 2.45) is 5.73 Å². The molecule has 1 aromatic carbocycles. The third kappa shape index (κ3) is 2.11. The van der Waals surface area contributed by atoms with Crippen LogP contribution in [-0.2, 0) is 0 Å². The van der Waals surface area contributed by atoms with Crippen molar-refractivity contribution < 1.29 is 9.18 Å². The Balaban J connectivity index is 2.17. The SMILES string of the molecule is NC1CC1NC(=O)c1c(F)cccc1Cl. The monoisotopic (exact) mass is 228 g/mol. The number of nitrogens with one attached hydrogen (secondary N) is 1. The lowest BCUT2D eigenvalue weighted by Crippen LogP contribution is -2.30. The minimum atomic E-state index is -0.616. The van der Waals surface area contributed by atoms with Crippen molar-refractivity contribution in [2.75, 3.05) is 0 Å². The van der Waals surface area contributed by atoms with Gasteiger partial charge in [0.2, 0.25) is 0 Å².